The first kappa shape index (κ1) is 17.0. The number of halogens is 1. The number of likely N-dealkylation sites (tertiary alicyclic amines) is 1. The molecule has 2 aromatic carbocycles. The zero-order chi connectivity index (χ0) is 18.1. The highest BCUT2D eigenvalue weighted by Crippen LogP contribution is 2.40. The second kappa shape index (κ2) is 7.08. The van der Waals surface area contributed by atoms with Gasteiger partial charge in [0.25, 0.3) is 0 Å². The second-order valence-electron chi connectivity index (χ2n) is 7.33. The lowest BCUT2D eigenvalue weighted by molar-refractivity contribution is 0.0936. The van der Waals surface area contributed by atoms with Crippen molar-refractivity contribution in [2.24, 2.45) is 11.8 Å². The maximum absolute atomic E-state index is 13.7. The van der Waals surface area contributed by atoms with Crippen molar-refractivity contribution >= 4 is 5.78 Å². The minimum atomic E-state index is -0.314. The first-order valence-corrected chi connectivity index (χ1v) is 9.04. The molecule has 1 heterocycles. The molecule has 0 aromatic heterocycles. The van der Waals surface area contributed by atoms with Crippen LogP contribution in [0.25, 0.3) is 0 Å². The summed E-state index contributed by atoms with van der Waals surface area (Å²) in [6.45, 7) is 2.16. The molecule has 5 heteroatoms. The number of carbonyl (C=O) groups excluding carboxylic acids is 1. The van der Waals surface area contributed by atoms with Gasteiger partial charge in [-0.05, 0) is 61.1 Å². The number of Topliss-reactive ketones (excluding diaryl/α,β-unsaturated/α-hetero) is 1. The Hall–Kier alpha value is -2.40. The smallest absolute Gasteiger partial charge is 0.176 e. The Bertz CT molecular complexity index is 778. The third kappa shape index (κ3) is 3.58. The lowest BCUT2D eigenvalue weighted by Gasteiger charge is -2.19. The lowest BCUT2D eigenvalue weighted by atomic mass is 10.0. The molecule has 26 heavy (non-hydrogen) atoms. The van der Waals surface area contributed by atoms with Gasteiger partial charge in [0, 0.05) is 18.7 Å². The van der Waals surface area contributed by atoms with E-state index < -0.39 is 0 Å². The second-order valence-corrected chi connectivity index (χ2v) is 7.33. The molecule has 1 aliphatic heterocycles. The minimum absolute atomic E-state index is 0.0526. The van der Waals surface area contributed by atoms with Crippen molar-refractivity contribution in [3.05, 3.63) is 59.9 Å². The number of hydrogen-bond donors (Lipinski definition) is 1. The van der Waals surface area contributed by atoms with Crippen LogP contribution in [0.4, 0.5) is 4.39 Å². The van der Waals surface area contributed by atoms with Crippen LogP contribution in [0.15, 0.2) is 48.5 Å². The molecule has 4 nitrogen and oxygen atoms in total. The molecule has 0 spiro atoms. The Morgan fingerprint density at radius 2 is 1.73 bits per heavy atom. The number of phenolic OH excluding ortho intramolecular Hbond substituents is 1. The molecule has 0 radical (unpaired) electrons. The van der Waals surface area contributed by atoms with Crippen molar-refractivity contribution in [2.45, 2.75) is 18.9 Å². The summed E-state index contributed by atoms with van der Waals surface area (Å²) in [7, 11) is 0. The summed E-state index contributed by atoms with van der Waals surface area (Å²) in [4.78, 5) is 14.6. The van der Waals surface area contributed by atoms with Crippen molar-refractivity contribution in [2.75, 3.05) is 19.6 Å². The molecular formula is C21H22FNO3. The van der Waals surface area contributed by atoms with Gasteiger partial charge in [0.15, 0.2) is 17.3 Å². The summed E-state index contributed by atoms with van der Waals surface area (Å²) in [5.74, 6) is 1.25. The SMILES string of the molecule is O=C(CN1C[C@H]2C[C@@H](Oc3ccccc3F)C[C@H]2C1)c1ccc(O)cc1. The molecule has 0 unspecified atom stereocenters. The van der Waals surface area contributed by atoms with Crippen LogP contribution in [0.5, 0.6) is 11.5 Å². The van der Waals surface area contributed by atoms with Gasteiger partial charge in [0.1, 0.15) is 5.75 Å². The number of phenols is 1. The van der Waals surface area contributed by atoms with E-state index in [9.17, 15) is 14.3 Å². The molecular weight excluding hydrogens is 333 g/mol. The van der Waals surface area contributed by atoms with E-state index in [0.717, 1.165) is 25.9 Å². The molecule has 1 N–H and O–H groups in total. The number of benzene rings is 2. The zero-order valence-electron chi connectivity index (χ0n) is 14.5. The van der Waals surface area contributed by atoms with Crippen molar-refractivity contribution in [3.8, 4) is 11.5 Å². The Kier molecular flexibility index (Phi) is 4.64. The van der Waals surface area contributed by atoms with Crippen molar-refractivity contribution in [1.29, 1.82) is 0 Å². The van der Waals surface area contributed by atoms with Crippen molar-refractivity contribution < 1.29 is 19.0 Å². The van der Waals surface area contributed by atoms with Crippen LogP contribution in [0, 0.1) is 17.7 Å². The van der Waals surface area contributed by atoms with Gasteiger partial charge in [-0.25, -0.2) is 4.39 Å². The maximum Gasteiger partial charge on any atom is 0.176 e. The maximum atomic E-state index is 13.7. The van der Waals surface area contributed by atoms with Gasteiger partial charge in [0.05, 0.1) is 12.6 Å². The summed E-state index contributed by atoms with van der Waals surface area (Å²) in [6.07, 6.45) is 1.86. The van der Waals surface area contributed by atoms with Gasteiger partial charge < -0.3 is 9.84 Å². The molecule has 1 saturated heterocycles. The number of nitrogens with zero attached hydrogens (tertiary/aromatic N) is 1. The minimum Gasteiger partial charge on any atom is -0.508 e. The summed E-state index contributed by atoms with van der Waals surface area (Å²) in [5.41, 5.74) is 0.626. The van der Waals surface area contributed by atoms with E-state index >= 15 is 0 Å². The number of carbonyl (C=O) groups is 1. The molecule has 0 bridgehead atoms. The topological polar surface area (TPSA) is 49.8 Å². The van der Waals surface area contributed by atoms with Gasteiger partial charge in [-0.15, -0.1) is 0 Å². The molecule has 2 aliphatic rings. The van der Waals surface area contributed by atoms with Crippen molar-refractivity contribution in [3.63, 3.8) is 0 Å². The Morgan fingerprint density at radius 1 is 1.08 bits per heavy atom. The number of fused-ring (bicyclic) bond motifs is 1. The number of para-hydroxylation sites is 1. The van der Waals surface area contributed by atoms with E-state index in [1.54, 1.807) is 30.3 Å². The molecule has 1 aliphatic carbocycles. The summed E-state index contributed by atoms with van der Waals surface area (Å²) < 4.78 is 19.6. The largest absolute Gasteiger partial charge is 0.508 e. The average molecular weight is 355 g/mol. The predicted molar refractivity (Wildman–Crippen MR) is 95.9 cm³/mol. The Labute approximate surface area is 152 Å². The molecule has 3 atom stereocenters. The number of ketones is 1. The number of hydrogen-bond acceptors (Lipinski definition) is 4. The molecule has 1 saturated carbocycles. The molecule has 2 aromatic rings. The van der Waals surface area contributed by atoms with Crippen LogP contribution in [-0.2, 0) is 0 Å². The first-order chi connectivity index (χ1) is 12.6. The van der Waals surface area contributed by atoms with Crippen molar-refractivity contribution in [1.82, 2.24) is 4.90 Å². The van der Waals surface area contributed by atoms with E-state index in [2.05, 4.69) is 4.90 Å². The molecule has 0 amide bonds. The van der Waals surface area contributed by atoms with E-state index in [1.807, 2.05) is 0 Å². The van der Waals surface area contributed by atoms with Gasteiger partial charge in [-0.1, -0.05) is 12.1 Å². The summed E-state index contributed by atoms with van der Waals surface area (Å²) >= 11 is 0. The third-order valence-electron chi connectivity index (χ3n) is 5.47. The third-order valence-corrected chi connectivity index (χ3v) is 5.47. The van der Waals surface area contributed by atoms with Crippen LogP contribution in [0.2, 0.25) is 0 Å². The molecule has 136 valence electrons. The van der Waals surface area contributed by atoms with Crippen LogP contribution >= 0.6 is 0 Å². The lowest BCUT2D eigenvalue weighted by Crippen LogP contribution is -2.30. The normalized spacial score (nSPS) is 25.2. The fraction of sp³-hybridized carbons (Fsp3) is 0.381. The van der Waals surface area contributed by atoms with Gasteiger partial charge in [0.2, 0.25) is 0 Å². The fourth-order valence-electron chi connectivity index (χ4n) is 4.23. The van der Waals surface area contributed by atoms with Gasteiger partial charge >= 0.3 is 0 Å². The monoisotopic (exact) mass is 355 g/mol. The van der Waals surface area contributed by atoms with Crippen LogP contribution in [-0.4, -0.2) is 41.5 Å². The standard InChI is InChI=1S/C21H22FNO3/c22-19-3-1-2-4-21(19)26-18-9-15-11-23(12-16(15)10-18)13-20(25)14-5-7-17(24)8-6-14/h1-8,15-16,18,24H,9-13H2/t15-,16+,18-. The molecule has 4 rings (SSSR count). The highest BCUT2D eigenvalue weighted by Gasteiger charge is 2.42. The average Bonchev–Trinajstić information content (AvgIpc) is 3.15. The Balaban J connectivity index is 1.30. The van der Waals surface area contributed by atoms with E-state index in [-0.39, 0.29) is 23.5 Å². The van der Waals surface area contributed by atoms with E-state index in [0.29, 0.717) is 29.7 Å². The van der Waals surface area contributed by atoms with Gasteiger partial charge in [-0.3, -0.25) is 9.69 Å². The fourth-order valence-corrected chi connectivity index (χ4v) is 4.23. The van der Waals surface area contributed by atoms with Crippen LogP contribution in [0.1, 0.15) is 23.2 Å². The Morgan fingerprint density at radius 3 is 2.38 bits per heavy atom. The number of ether oxygens (including phenoxy) is 1. The highest BCUT2D eigenvalue weighted by atomic mass is 19.1. The zero-order valence-corrected chi connectivity index (χ0v) is 14.5. The van der Waals surface area contributed by atoms with E-state index in [4.69, 9.17) is 4.74 Å². The summed E-state index contributed by atoms with van der Waals surface area (Å²) in [5, 5.41) is 9.32. The first-order valence-electron chi connectivity index (χ1n) is 9.04. The highest BCUT2D eigenvalue weighted by molar-refractivity contribution is 5.97. The van der Waals surface area contributed by atoms with Crippen LogP contribution < -0.4 is 4.74 Å². The van der Waals surface area contributed by atoms with E-state index in [1.165, 1.54) is 18.2 Å². The number of rotatable bonds is 5. The quantitative estimate of drug-likeness (QED) is 0.834. The van der Waals surface area contributed by atoms with Gasteiger partial charge in [-0.2, -0.15) is 0 Å². The summed E-state index contributed by atoms with van der Waals surface area (Å²) in [6, 6.07) is 12.9. The molecule has 2 fully saturated rings. The predicted octanol–water partition coefficient (Wildman–Crippen LogP) is 3.50. The van der Waals surface area contributed by atoms with Crippen LogP contribution in [0.3, 0.4) is 0 Å². The number of aromatic hydroxyl groups is 1.